The molecule has 12 nitrogen and oxygen atoms in total. The van der Waals surface area contributed by atoms with E-state index in [0.29, 0.717) is 38.9 Å². The fourth-order valence-electron chi connectivity index (χ4n) is 4.51. The Morgan fingerprint density at radius 1 is 1.07 bits per heavy atom. The van der Waals surface area contributed by atoms with Crippen LogP contribution in [-0.2, 0) is 0 Å². The van der Waals surface area contributed by atoms with Crippen LogP contribution in [0.25, 0.3) is 33.5 Å². The fourth-order valence-corrected chi connectivity index (χ4v) is 4.76. The largest absolute Gasteiger partial charge is 0.496 e. The first-order valence-corrected chi connectivity index (χ1v) is 13.6. The first kappa shape index (κ1) is 28.4. The van der Waals surface area contributed by atoms with Crippen LogP contribution in [-0.4, -0.2) is 39.5 Å². The molecule has 0 N–H and O–H groups in total. The van der Waals surface area contributed by atoms with Crippen molar-refractivity contribution < 1.29 is 23.6 Å². The number of hydrogen-bond acceptors (Lipinski definition) is 10. The lowest BCUT2D eigenvalue weighted by molar-refractivity contribution is -0.385. The molecule has 6 aromatic rings. The van der Waals surface area contributed by atoms with Gasteiger partial charge in [0.1, 0.15) is 17.5 Å². The summed E-state index contributed by atoms with van der Waals surface area (Å²) in [4.78, 5) is 32.7. The van der Waals surface area contributed by atoms with E-state index in [0.717, 1.165) is 10.9 Å². The maximum absolute atomic E-state index is 13.7. The van der Waals surface area contributed by atoms with Gasteiger partial charge in [0.25, 0.3) is 11.2 Å². The molecule has 0 aliphatic heterocycles. The minimum Gasteiger partial charge on any atom is -0.496 e. The predicted molar refractivity (Wildman–Crippen MR) is 164 cm³/mol. The lowest BCUT2D eigenvalue weighted by atomic mass is 10.2. The van der Waals surface area contributed by atoms with Crippen molar-refractivity contribution in [3.8, 4) is 34.7 Å². The van der Waals surface area contributed by atoms with E-state index in [4.69, 9.17) is 35.2 Å². The van der Waals surface area contributed by atoms with Gasteiger partial charge in [-0.15, -0.1) is 0 Å². The van der Waals surface area contributed by atoms with Crippen LogP contribution in [0.3, 0.4) is 0 Å². The standard InChI is InChI=1S/C31H22ClN5O7/c1-3-42-26-14-18(13-22(32)29(26)44-28-12-11-19(17-33-28)37(39)40)16-34-36-30(35-23-8-5-4-7-20(23)31(36)38)27-15-21-24(41-2)9-6-10-25(21)43-27/h4-17H,3H2,1-2H3. The number of aromatic nitrogens is 3. The molecule has 44 heavy (non-hydrogen) atoms. The molecule has 0 atom stereocenters. The lowest BCUT2D eigenvalue weighted by Gasteiger charge is -2.13. The summed E-state index contributed by atoms with van der Waals surface area (Å²) in [5.74, 6) is 1.63. The van der Waals surface area contributed by atoms with Gasteiger partial charge in [-0.05, 0) is 55.0 Å². The number of fused-ring (bicyclic) bond motifs is 2. The molecule has 13 heteroatoms. The van der Waals surface area contributed by atoms with Crippen LogP contribution in [0.5, 0.6) is 23.1 Å². The molecule has 0 amide bonds. The average Bonchev–Trinajstić information content (AvgIpc) is 3.47. The molecule has 0 spiro atoms. The number of halogens is 1. The highest BCUT2D eigenvalue weighted by atomic mass is 35.5. The number of nitrogens with zero attached hydrogens (tertiary/aromatic N) is 5. The second kappa shape index (κ2) is 11.9. The summed E-state index contributed by atoms with van der Waals surface area (Å²) in [5.41, 5.74) is 0.937. The maximum Gasteiger partial charge on any atom is 0.287 e. The minimum absolute atomic E-state index is 0.0840. The van der Waals surface area contributed by atoms with Crippen molar-refractivity contribution >= 4 is 45.4 Å². The molecule has 3 heterocycles. The summed E-state index contributed by atoms with van der Waals surface area (Å²) in [6.45, 7) is 2.08. The van der Waals surface area contributed by atoms with E-state index < -0.39 is 10.5 Å². The molecule has 0 saturated carbocycles. The highest BCUT2D eigenvalue weighted by Gasteiger charge is 2.19. The van der Waals surface area contributed by atoms with Crippen LogP contribution in [0.15, 0.2) is 93.3 Å². The van der Waals surface area contributed by atoms with E-state index in [-0.39, 0.29) is 40.5 Å². The van der Waals surface area contributed by atoms with Gasteiger partial charge in [0.15, 0.2) is 17.3 Å². The Balaban J connectivity index is 1.43. The second-order valence-electron chi connectivity index (χ2n) is 9.27. The number of pyridine rings is 1. The first-order chi connectivity index (χ1) is 21.4. The molecule has 3 aromatic heterocycles. The molecule has 0 aliphatic rings. The van der Waals surface area contributed by atoms with E-state index in [9.17, 15) is 14.9 Å². The highest BCUT2D eigenvalue weighted by molar-refractivity contribution is 6.32. The Labute approximate surface area is 253 Å². The summed E-state index contributed by atoms with van der Waals surface area (Å²) in [7, 11) is 1.57. The van der Waals surface area contributed by atoms with E-state index in [1.165, 1.54) is 18.3 Å². The van der Waals surface area contributed by atoms with Crippen molar-refractivity contribution in [1.29, 1.82) is 0 Å². The quantitative estimate of drug-likeness (QED) is 0.0973. The van der Waals surface area contributed by atoms with Gasteiger partial charge < -0.3 is 18.6 Å². The van der Waals surface area contributed by atoms with Crippen LogP contribution in [0.1, 0.15) is 12.5 Å². The number of benzene rings is 3. The number of furan rings is 1. The zero-order chi connectivity index (χ0) is 30.8. The topological polar surface area (TPSA) is 144 Å². The maximum atomic E-state index is 13.7. The van der Waals surface area contributed by atoms with E-state index in [1.54, 1.807) is 68.6 Å². The number of para-hydroxylation sites is 1. The van der Waals surface area contributed by atoms with Crippen LogP contribution < -0.4 is 19.8 Å². The van der Waals surface area contributed by atoms with Crippen molar-refractivity contribution in [2.45, 2.75) is 6.92 Å². The molecule has 0 bridgehead atoms. The van der Waals surface area contributed by atoms with Crippen molar-refractivity contribution in [2.24, 2.45) is 5.10 Å². The highest BCUT2D eigenvalue weighted by Crippen LogP contribution is 2.39. The average molecular weight is 612 g/mol. The molecule has 0 saturated heterocycles. The normalized spacial score (nSPS) is 11.3. The number of ether oxygens (including phenoxy) is 3. The smallest absolute Gasteiger partial charge is 0.287 e. The predicted octanol–water partition coefficient (Wildman–Crippen LogP) is 6.85. The monoisotopic (exact) mass is 611 g/mol. The zero-order valence-electron chi connectivity index (χ0n) is 23.3. The molecule has 0 radical (unpaired) electrons. The third-order valence-electron chi connectivity index (χ3n) is 6.51. The Hall–Kier alpha value is -5.75. The third-order valence-corrected chi connectivity index (χ3v) is 6.79. The first-order valence-electron chi connectivity index (χ1n) is 13.2. The van der Waals surface area contributed by atoms with Gasteiger partial charge in [0, 0.05) is 12.1 Å². The van der Waals surface area contributed by atoms with Crippen LogP contribution in [0.4, 0.5) is 5.69 Å². The van der Waals surface area contributed by atoms with E-state index >= 15 is 0 Å². The van der Waals surface area contributed by atoms with Gasteiger partial charge in [-0.1, -0.05) is 29.8 Å². The minimum atomic E-state index is -0.559. The lowest BCUT2D eigenvalue weighted by Crippen LogP contribution is -2.20. The van der Waals surface area contributed by atoms with Gasteiger partial charge in [-0.3, -0.25) is 14.9 Å². The number of nitro groups is 1. The summed E-state index contributed by atoms with van der Waals surface area (Å²) in [5, 5.41) is 16.7. The van der Waals surface area contributed by atoms with Crippen molar-refractivity contribution in [1.82, 2.24) is 14.6 Å². The summed E-state index contributed by atoms with van der Waals surface area (Å²) in [6, 6.07) is 19.9. The van der Waals surface area contributed by atoms with E-state index in [2.05, 4.69) is 10.1 Å². The molecule has 6 rings (SSSR count). The zero-order valence-corrected chi connectivity index (χ0v) is 24.0. The second-order valence-corrected chi connectivity index (χ2v) is 9.68. The molecule has 0 aliphatic carbocycles. The van der Waals surface area contributed by atoms with Crippen LogP contribution >= 0.6 is 11.6 Å². The van der Waals surface area contributed by atoms with Crippen molar-refractivity contribution in [3.05, 3.63) is 110 Å². The van der Waals surface area contributed by atoms with E-state index in [1.807, 2.05) is 6.07 Å². The van der Waals surface area contributed by atoms with Gasteiger partial charge >= 0.3 is 0 Å². The molecule has 0 unspecified atom stereocenters. The molecule has 0 fully saturated rings. The summed E-state index contributed by atoms with van der Waals surface area (Å²) in [6.07, 6.45) is 2.52. The SMILES string of the molecule is CCOc1cc(C=Nn2c(-c3cc4c(OC)cccc4o3)nc3ccccc3c2=O)cc(Cl)c1Oc1ccc([N+](=O)[O-])cn1. The third kappa shape index (κ3) is 5.41. The van der Waals surface area contributed by atoms with Gasteiger partial charge in [-0.25, -0.2) is 9.97 Å². The van der Waals surface area contributed by atoms with Crippen molar-refractivity contribution in [3.63, 3.8) is 0 Å². The number of rotatable bonds is 9. The van der Waals surface area contributed by atoms with Gasteiger partial charge in [-0.2, -0.15) is 9.78 Å². The Morgan fingerprint density at radius 2 is 1.91 bits per heavy atom. The molecular formula is C31H22ClN5O7. The molecule has 220 valence electrons. The van der Waals surface area contributed by atoms with Gasteiger partial charge in [0.2, 0.25) is 11.7 Å². The molecule has 3 aromatic carbocycles. The number of methoxy groups -OCH3 is 1. The van der Waals surface area contributed by atoms with Gasteiger partial charge in [0.05, 0.1) is 46.2 Å². The summed E-state index contributed by atoms with van der Waals surface area (Å²) < 4.78 is 24.3. The van der Waals surface area contributed by atoms with Crippen molar-refractivity contribution in [2.75, 3.05) is 13.7 Å². The Kier molecular flexibility index (Phi) is 7.65. The summed E-state index contributed by atoms with van der Waals surface area (Å²) >= 11 is 6.58. The van der Waals surface area contributed by atoms with Crippen LogP contribution in [0.2, 0.25) is 5.02 Å². The molecular weight excluding hydrogens is 590 g/mol. The number of hydrogen-bond donors (Lipinski definition) is 0. The Bertz CT molecular complexity index is 2120. The Morgan fingerprint density at radius 3 is 2.66 bits per heavy atom. The van der Waals surface area contributed by atoms with Crippen LogP contribution in [0, 0.1) is 10.1 Å². The fraction of sp³-hybridized carbons (Fsp3) is 0.0968.